The molecule has 2 saturated carbocycles. The number of nitrogens with zero attached hydrogens (tertiary/aromatic N) is 4. The monoisotopic (exact) mass is 831 g/mol. The average molecular weight is 832 g/mol. The Bertz CT molecular complexity index is 2210. The summed E-state index contributed by atoms with van der Waals surface area (Å²) in [4.78, 5) is 59.9. The Balaban J connectivity index is 1.30. The van der Waals surface area contributed by atoms with Gasteiger partial charge in [-0.15, -0.1) is 0 Å². The van der Waals surface area contributed by atoms with Crippen LogP contribution >= 0.6 is 0 Å². The lowest BCUT2D eigenvalue weighted by Crippen LogP contribution is -2.60. The van der Waals surface area contributed by atoms with E-state index in [0.29, 0.717) is 43.5 Å². The number of fused-ring (bicyclic) bond motifs is 8. The number of ether oxygens (including phenoxy) is 2. The minimum absolute atomic E-state index is 0.00833. The summed E-state index contributed by atoms with van der Waals surface area (Å²) < 4.78 is 39.7. The Morgan fingerprint density at radius 1 is 1.02 bits per heavy atom. The summed E-state index contributed by atoms with van der Waals surface area (Å²) in [7, 11) is -2.25. The first kappa shape index (κ1) is 42.1. The van der Waals surface area contributed by atoms with Crippen molar-refractivity contribution in [2.75, 3.05) is 13.7 Å². The van der Waals surface area contributed by atoms with Gasteiger partial charge < -0.3 is 25.0 Å². The molecule has 59 heavy (non-hydrogen) atoms. The van der Waals surface area contributed by atoms with Gasteiger partial charge >= 0.3 is 6.09 Å². The zero-order valence-corrected chi connectivity index (χ0v) is 35.9. The molecule has 6 bridgehead atoms. The Kier molecular flexibility index (Phi) is 11.3. The molecule has 2 aromatic carbocycles. The number of nitrogens with one attached hydrogen (secondary N) is 3. The third-order valence-corrected chi connectivity index (χ3v) is 14.0. The number of methoxy groups -OCH3 is 1. The van der Waals surface area contributed by atoms with E-state index in [1.54, 1.807) is 11.9 Å². The molecular formula is C43H57N7O8S. The average Bonchev–Trinajstić information content (AvgIpc) is 4.07. The quantitative estimate of drug-likeness (QED) is 0.269. The molecule has 318 valence electrons. The predicted octanol–water partition coefficient (Wildman–Crippen LogP) is 5.30. The summed E-state index contributed by atoms with van der Waals surface area (Å²) in [5.74, 6) is -1.44. The fourth-order valence-corrected chi connectivity index (χ4v) is 9.85. The van der Waals surface area contributed by atoms with E-state index in [2.05, 4.69) is 21.4 Å². The van der Waals surface area contributed by atoms with Crippen LogP contribution in [-0.4, -0.2) is 94.3 Å². The van der Waals surface area contributed by atoms with E-state index < -0.39 is 73.8 Å². The van der Waals surface area contributed by atoms with Crippen molar-refractivity contribution in [2.24, 2.45) is 11.3 Å². The van der Waals surface area contributed by atoms with Gasteiger partial charge in [-0.25, -0.2) is 13.2 Å². The van der Waals surface area contributed by atoms with Gasteiger partial charge in [-0.1, -0.05) is 64.4 Å². The minimum Gasteiger partial charge on any atom is -0.496 e. The van der Waals surface area contributed by atoms with Gasteiger partial charge in [0.1, 0.15) is 40.4 Å². The number of benzene rings is 2. The Hall–Kier alpha value is -4.99. The third kappa shape index (κ3) is 8.83. The lowest BCUT2D eigenvalue weighted by Gasteiger charge is -2.36. The van der Waals surface area contributed by atoms with Gasteiger partial charge in [-0.2, -0.15) is 15.0 Å². The summed E-state index contributed by atoms with van der Waals surface area (Å²) in [6, 6.07) is 12.8. The molecule has 1 aromatic heterocycles. The highest BCUT2D eigenvalue weighted by atomic mass is 32.2. The number of aryl methyl sites for hydroxylation is 1. The Morgan fingerprint density at radius 3 is 2.34 bits per heavy atom. The van der Waals surface area contributed by atoms with Crippen LogP contribution in [0.5, 0.6) is 5.75 Å². The van der Waals surface area contributed by atoms with E-state index in [0.717, 1.165) is 35.3 Å². The van der Waals surface area contributed by atoms with Crippen LogP contribution in [0.2, 0.25) is 0 Å². The summed E-state index contributed by atoms with van der Waals surface area (Å²) in [5.41, 5.74) is 0.765. The number of carbonyl (C=O) groups excluding carboxylic acids is 4. The van der Waals surface area contributed by atoms with Crippen molar-refractivity contribution in [1.29, 1.82) is 0 Å². The van der Waals surface area contributed by atoms with Crippen molar-refractivity contribution >= 4 is 33.8 Å². The molecule has 16 heteroatoms. The second kappa shape index (κ2) is 15.9. The van der Waals surface area contributed by atoms with Crippen LogP contribution in [0.15, 0.2) is 48.5 Å². The van der Waals surface area contributed by atoms with Crippen LogP contribution in [0.4, 0.5) is 4.79 Å². The van der Waals surface area contributed by atoms with Gasteiger partial charge in [-0.05, 0) is 93.9 Å². The SMILES string of the molecule is CC[C@@H]1C[C@]1(NC(=O)[C@@H]1C[C@@H]2CN1C(=O)[C@H](C(C)(C)C)NC(=O)OC(C)(C)CCCCc1cc(ccc1OC)-c1nn2nc1-c1ccccc1)C(=O)NS(=O)(=O)C1CC1. The number of cyclic esters (lactones) is 1. The fraction of sp³-hybridized carbons (Fsp3) is 0.581. The number of hydrogen-bond donors (Lipinski definition) is 3. The van der Waals surface area contributed by atoms with Crippen molar-refractivity contribution in [1.82, 2.24) is 35.2 Å². The van der Waals surface area contributed by atoms with E-state index in [-0.39, 0.29) is 25.3 Å². The Labute approximate surface area is 346 Å². The lowest BCUT2D eigenvalue weighted by atomic mass is 9.85. The predicted molar refractivity (Wildman–Crippen MR) is 220 cm³/mol. The van der Waals surface area contributed by atoms with Crippen LogP contribution in [0.3, 0.4) is 0 Å². The second-order valence-corrected chi connectivity index (χ2v) is 20.2. The zero-order chi connectivity index (χ0) is 42.5. The minimum atomic E-state index is -3.89. The first-order valence-electron chi connectivity index (χ1n) is 20.7. The maximum absolute atomic E-state index is 14.9. The van der Waals surface area contributed by atoms with Crippen LogP contribution in [0.1, 0.15) is 105 Å². The van der Waals surface area contributed by atoms with Gasteiger partial charge in [0.15, 0.2) is 0 Å². The van der Waals surface area contributed by atoms with E-state index in [1.165, 1.54) is 4.90 Å². The number of sulfonamides is 1. The molecule has 3 aromatic rings. The van der Waals surface area contributed by atoms with Crippen molar-refractivity contribution in [3.05, 3.63) is 54.1 Å². The number of aromatic nitrogens is 3. The normalized spacial score (nSPS) is 26.1. The van der Waals surface area contributed by atoms with Gasteiger partial charge in [0.2, 0.25) is 21.8 Å². The molecule has 3 N–H and O–H groups in total. The van der Waals surface area contributed by atoms with Gasteiger partial charge in [0, 0.05) is 24.1 Å². The standard InChI is InChI=1S/C43H57N7O8S/c1-8-29-24-43(29,39(53)48-59(55,56)31-18-19-31)45-37(51)32-23-30-25-49(32)38(52)36(41(2,3)4)44-40(54)58-42(5,6)21-13-12-16-27-22-28(17-20-33(27)57-7)35-34(46-50(30)47-35)26-14-10-9-11-15-26/h9-11,14-15,17,20,22,29-32,36H,8,12-13,16,18-19,21,23-25H2,1-7H3,(H,44,54)(H,45,51)(H,48,53)/t29-,30-,32+,36-,43-/m1/s1. The van der Waals surface area contributed by atoms with Gasteiger partial charge in [-0.3, -0.25) is 19.1 Å². The summed E-state index contributed by atoms with van der Waals surface area (Å²) in [6.07, 6.45) is 3.87. The largest absolute Gasteiger partial charge is 0.496 e. The number of hydrogen-bond acceptors (Lipinski definition) is 10. The van der Waals surface area contributed by atoms with Gasteiger partial charge in [0.05, 0.1) is 18.4 Å². The molecule has 0 unspecified atom stereocenters. The van der Waals surface area contributed by atoms with E-state index in [9.17, 15) is 27.6 Å². The van der Waals surface area contributed by atoms with Gasteiger partial charge in [0.25, 0.3) is 5.91 Å². The van der Waals surface area contributed by atoms with Crippen molar-refractivity contribution in [2.45, 2.75) is 134 Å². The molecule has 4 amide bonds. The van der Waals surface area contributed by atoms with Crippen LogP contribution in [0, 0.1) is 11.3 Å². The zero-order valence-electron chi connectivity index (χ0n) is 35.0. The molecule has 3 heterocycles. The second-order valence-electron chi connectivity index (χ2n) is 18.3. The molecule has 2 aliphatic heterocycles. The van der Waals surface area contributed by atoms with Crippen LogP contribution in [0.25, 0.3) is 22.5 Å². The topological polar surface area (TPSA) is 191 Å². The van der Waals surface area contributed by atoms with E-state index in [4.69, 9.17) is 19.7 Å². The molecule has 2 aliphatic carbocycles. The molecule has 7 rings (SSSR count). The number of rotatable bonds is 8. The fourth-order valence-electron chi connectivity index (χ4n) is 8.49. The number of alkyl carbamates (subject to hydrolysis) is 1. The molecule has 4 aliphatic rings. The van der Waals surface area contributed by atoms with Crippen molar-refractivity contribution < 1.29 is 37.1 Å². The maximum atomic E-state index is 14.9. The summed E-state index contributed by atoms with van der Waals surface area (Å²) >= 11 is 0. The third-order valence-electron chi connectivity index (χ3n) is 12.2. The highest BCUT2D eigenvalue weighted by molar-refractivity contribution is 7.91. The number of carbonyl (C=O) groups is 4. The first-order chi connectivity index (χ1) is 27.9. The highest BCUT2D eigenvalue weighted by Crippen LogP contribution is 2.47. The lowest BCUT2D eigenvalue weighted by molar-refractivity contribution is -0.143. The molecule has 5 atom stereocenters. The molecule has 0 spiro atoms. The first-order valence-corrected chi connectivity index (χ1v) is 22.3. The van der Waals surface area contributed by atoms with Crippen molar-refractivity contribution in [3.8, 4) is 28.3 Å². The summed E-state index contributed by atoms with van der Waals surface area (Å²) in [6.45, 7) is 11.0. The molecule has 0 radical (unpaired) electrons. The van der Waals surface area contributed by atoms with Crippen LogP contribution in [-0.2, 0) is 35.6 Å². The summed E-state index contributed by atoms with van der Waals surface area (Å²) in [5, 5.41) is 15.2. The number of amides is 4. The van der Waals surface area contributed by atoms with E-state index >= 15 is 0 Å². The van der Waals surface area contributed by atoms with Crippen molar-refractivity contribution in [3.63, 3.8) is 0 Å². The molecule has 1 saturated heterocycles. The van der Waals surface area contributed by atoms with E-state index in [1.807, 2.05) is 84.0 Å². The van der Waals surface area contributed by atoms with Crippen LogP contribution < -0.4 is 20.1 Å². The highest BCUT2D eigenvalue weighted by Gasteiger charge is 2.62. The molecule has 15 nitrogen and oxygen atoms in total. The molecular weight excluding hydrogens is 775 g/mol. The molecule has 3 fully saturated rings. The smallest absolute Gasteiger partial charge is 0.408 e. The Morgan fingerprint density at radius 2 is 1.71 bits per heavy atom. The maximum Gasteiger partial charge on any atom is 0.408 e.